The molecule has 4 nitrogen and oxygen atoms in total. The van der Waals surface area contributed by atoms with Crippen molar-refractivity contribution in [1.82, 2.24) is 0 Å². The van der Waals surface area contributed by atoms with Crippen molar-refractivity contribution in [3.8, 4) is 6.07 Å². The van der Waals surface area contributed by atoms with Crippen LogP contribution in [-0.2, 0) is 4.79 Å². The molecule has 5 heteroatoms. The molecule has 0 spiro atoms. The maximum absolute atomic E-state index is 10.9. The highest BCUT2D eigenvalue weighted by atomic mass is 79.9. The lowest BCUT2D eigenvalue weighted by Gasteiger charge is -2.40. The first kappa shape index (κ1) is 14.4. The fourth-order valence-electron chi connectivity index (χ4n) is 3.88. The number of halogens is 1. The Balaban J connectivity index is 1.81. The number of anilines is 1. The van der Waals surface area contributed by atoms with Crippen molar-refractivity contribution < 1.29 is 9.90 Å². The van der Waals surface area contributed by atoms with E-state index in [1.54, 1.807) is 0 Å². The first-order valence-corrected chi connectivity index (χ1v) is 8.07. The van der Waals surface area contributed by atoms with Crippen molar-refractivity contribution in [1.29, 1.82) is 5.26 Å². The van der Waals surface area contributed by atoms with Crippen LogP contribution in [0.25, 0.3) is 0 Å². The van der Waals surface area contributed by atoms with Crippen LogP contribution in [-0.4, -0.2) is 23.2 Å². The standard InChI is InChI=1S/C16H17BrN2O2/c17-15-8-14(2-1-11(15)9-18)19-12-3-4-13(19)6-10(5-12)7-16(20)21/h1-2,8,10,12-13H,3-7H2,(H,20,21). The molecule has 2 bridgehead atoms. The number of fused-ring (bicyclic) bond motifs is 2. The lowest BCUT2D eigenvalue weighted by Crippen LogP contribution is -2.43. The van der Waals surface area contributed by atoms with E-state index in [1.807, 2.05) is 18.2 Å². The van der Waals surface area contributed by atoms with Gasteiger partial charge in [0.2, 0.25) is 0 Å². The van der Waals surface area contributed by atoms with E-state index in [0.29, 0.717) is 23.6 Å². The van der Waals surface area contributed by atoms with E-state index in [-0.39, 0.29) is 6.42 Å². The Labute approximate surface area is 132 Å². The number of carbonyl (C=O) groups is 1. The van der Waals surface area contributed by atoms with Gasteiger partial charge in [-0.15, -0.1) is 0 Å². The van der Waals surface area contributed by atoms with Gasteiger partial charge in [0.25, 0.3) is 0 Å². The molecule has 2 aliphatic heterocycles. The summed E-state index contributed by atoms with van der Waals surface area (Å²) in [5.74, 6) is -0.382. The van der Waals surface area contributed by atoms with Crippen molar-refractivity contribution in [2.24, 2.45) is 5.92 Å². The van der Waals surface area contributed by atoms with Crippen LogP contribution >= 0.6 is 15.9 Å². The Morgan fingerprint density at radius 1 is 1.38 bits per heavy atom. The maximum Gasteiger partial charge on any atom is 0.303 e. The second-order valence-corrected chi connectivity index (χ2v) is 6.86. The van der Waals surface area contributed by atoms with Gasteiger partial charge in [-0.1, -0.05) is 0 Å². The zero-order valence-corrected chi connectivity index (χ0v) is 13.2. The topological polar surface area (TPSA) is 64.3 Å². The minimum absolute atomic E-state index is 0.290. The molecule has 2 unspecified atom stereocenters. The number of piperidine rings is 1. The molecule has 1 N–H and O–H groups in total. The Hall–Kier alpha value is -1.54. The van der Waals surface area contributed by atoms with Gasteiger partial charge in [-0.05, 0) is 65.7 Å². The molecule has 1 aromatic rings. The molecule has 2 aliphatic rings. The quantitative estimate of drug-likeness (QED) is 0.907. The SMILES string of the molecule is N#Cc1ccc(N2C3CCC2CC(CC(=O)O)C3)cc1Br. The van der Waals surface area contributed by atoms with Crippen LogP contribution in [0.15, 0.2) is 22.7 Å². The Morgan fingerprint density at radius 3 is 2.57 bits per heavy atom. The van der Waals surface area contributed by atoms with Crippen LogP contribution in [0.3, 0.4) is 0 Å². The fraction of sp³-hybridized carbons (Fsp3) is 0.500. The van der Waals surface area contributed by atoms with Crippen molar-refractivity contribution in [2.45, 2.75) is 44.2 Å². The molecule has 0 saturated carbocycles. The van der Waals surface area contributed by atoms with Gasteiger partial charge in [0.05, 0.1) is 5.56 Å². The van der Waals surface area contributed by atoms with Gasteiger partial charge in [-0.25, -0.2) is 0 Å². The summed E-state index contributed by atoms with van der Waals surface area (Å²) in [6.45, 7) is 0. The van der Waals surface area contributed by atoms with Crippen molar-refractivity contribution in [2.75, 3.05) is 4.90 Å². The number of hydrogen-bond acceptors (Lipinski definition) is 3. The average molecular weight is 349 g/mol. The molecule has 0 aliphatic carbocycles. The molecule has 110 valence electrons. The van der Waals surface area contributed by atoms with Crippen molar-refractivity contribution in [3.05, 3.63) is 28.2 Å². The molecular weight excluding hydrogens is 332 g/mol. The third-order valence-electron chi connectivity index (χ3n) is 4.67. The second-order valence-electron chi connectivity index (χ2n) is 6.00. The third kappa shape index (κ3) is 2.77. The van der Waals surface area contributed by atoms with E-state index >= 15 is 0 Å². The smallest absolute Gasteiger partial charge is 0.303 e. The number of carboxylic acids is 1. The zero-order chi connectivity index (χ0) is 15.0. The number of hydrogen-bond donors (Lipinski definition) is 1. The summed E-state index contributed by atoms with van der Waals surface area (Å²) >= 11 is 3.45. The zero-order valence-electron chi connectivity index (χ0n) is 11.6. The van der Waals surface area contributed by atoms with Crippen LogP contribution in [0.2, 0.25) is 0 Å². The summed E-state index contributed by atoms with van der Waals surface area (Å²) in [5.41, 5.74) is 1.79. The summed E-state index contributed by atoms with van der Waals surface area (Å²) in [6, 6.07) is 8.91. The first-order chi connectivity index (χ1) is 10.1. The van der Waals surface area contributed by atoms with E-state index in [2.05, 4.69) is 26.9 Å². The highest BCUT2D eigenvalue weighted by Crippen LogP contribution is 2.43. The van der Waals surface area contributed by atoms with Gasteiger partial charge in [0.15, 0.2) is 0 Å². The molecule has 3 rings (SSSR count). The number of nitriles is 1. The van der Waals surface area contributed by atoms with Crippen molar-refractivity contribution in [3.63, 3.8) is 0 Å². The van der Waals surface area contributed by atoms with E-state index < -0.39 is 5.97 Å². The summed E-state index contributed by atoms with van der Waals surface area (Å²) in [5, 5.41) is 18.0. The number of nitrogens with zero attached hydrogens (tertiary/aromatic N) is 2. The van der Waals surface area contributed by atoms with E-state index in [4.69, 9.17) is 10.4 Å². The Morgan fingerprint density at radius 2 is 2.05 bits per heavy atom. The van der Waals surface area contributed by atoms with E-state index in [1.165, 1.54) is 0 Å². The maximum atomic E-state index is 10.9. The van der Waals surface area contributed by atoms with Crippen molar-refractivity contribution >= 4 is 27.6 Å². The molecule has 2 saturated heterocycles. The summed E-state index contributed by atoms with van der Waals surface area (Å²) in [6.07, 6.45) is 4.48. The Kier molecular flexibility index (Phi) is 3.90. The molecule has 21 heavy (non-hydrogen) atoms. The summed E-state index contributed by atoms with van der Waals surface area (Å²) in [4.78, 5) is 13.4. The van der Waals surface area contributed by atoms with Gasteiger partial charge >= 0.3 is 5.97 Å². The molecular formula is C16H17BrN2O2. The Bertz CT molecular complexity index is 597. The van der Waals surface area contributed by atoms with Gasteiger partial charge in [-0.2, -0.15) is 5.26 Å². The normalized spacial score (nSPS) is 27.4. The minimum atomic E-state index is -0.686. The van der Waals surface area contributed by atoms with E-state index in [0.717, 1.165) is 35.8 Å². The van der Waals surface area contributed by atoms with E-state index in [9.17, 15) is 4.79 Å². The second kappa shape index (κ2) is 5.69. The highest BCUT2D eigenvalue weighted by Gasteiger charge is 2.41. The number of carboxylic acid groups (broad SMARTS) is 1. The van der Waals surface area contributed by atoms with Gasteiger partial charge in [-0.3, -0.25) is 4.79 Å². The van der Waals surface area contributed by atoms with Gasteiger partial charge in [0.1, 0.15) is 6.07 Å². The molecule has 2 fully saturated rings. The van der Waals surface area contributed by atoms with Crippen LogP contribution in [0, 0.1) is 17.2 Å². The number of aliphatic carboxylic acids is 1. The molecule has 0 amide bonds. The predicted molar refractivity (Wildman–Crippen MR) is 83.1 cm³/mol. The molecule has 2 atom stereocenters. The average Bonchev–Trinajstić information content (AvgIpc) is 2.69. The highest BCUT2D eigenvalue weighted by molar-refractivity contribution is 9.10. The van der Waals surface area contributed by atoms with Crippen LogP contribution < -0.4 is 4.90 Å². The first-order valence-electron chi connectivity index (χ1n) is 7.28. The lowest BCUT2D eigenvalue weighted by molar-refractivity contribution is -0.138. The number of rotatable bonds is 3. The molecule has 0 radical (unpaired) electrons. The minimum Gasteiger partial charge on any atom is -0.481 e. The largest absolute Gasteiger partial charge is 0.481 e. The third-order valence-corrected chi connectivity index (χ3v) is 5.32. The van der Waals surface area contributed by atoms with Gasteiger partial charge in [0, 0.05) is 28.7 Å². The summed E-state index contributed by atoms with van der Waals surface area (Å²) < 4.78 is 0.828. The fourth-order valence-corrected chi connectivity index (χ4v) is 4.34. The van der Waals surface area contributed by atoms with Crippen LogP contribution in [0.1, 0.15) is 37.7 Å². The predicted octanol–water partition coefficient (Wildman–Crippen LogP) is 3.54. The van der Waals surface area contributed by atoms with Crippen LogP contribution in [0.5, 0.6) is 0 Å². The number of benzene rings is 1. The molecule has 0 aromatic heterocycles. The van der Waals surface area contributed by atoms with Crippen LogP contribution in [0.4, 0.5) is 5.69 Å². The monoisotopic (exact) mass is 348 g/mol. The summed E-state index contributed by atoms with van der Waals surface area (Å²) in [7, 11) is 0. The van der Waals surface area contributed by atoms with Gasteiger partial charge < -0.3 is 10.0 Å². The lowest BCUT2D eigenvalue weighted by atomic mass is 9.88. The molecule has 2 heterocycles. The molecule has 1 aromatic carbocycles.